The summed E-state index contributed by atoms with van der Waals surface area (Å²) < 4.78 is 10.7. The molecule has 1 unspecified atom stereocenters. The molecule has 1 atom stereocenters. The summed E-state index contributed by atoms with van der Waals surface area (Å²) in [7, 11) is 1.73. The van der Waals surface area contributed by atoms with Gasteiger partial charge in [0.2, 0.25) is 0 Å². The van der Waals surface area contributed by atoms with Gasteiger partial charge in [0.05, 0.1) is 12.9 Å². The number of rotatable bonds is 9. The van der Waals surface area contributed by atoms with E-state index in [0.29, 0.717) is 0 Å². The highest BCUT2D eigenvalue weighted by atomic mass is 16.5. The first-order chi connectivity index (χ1) is 10.3. The minimum absolute atomic E-state index is 0.0485. The zero-order valence-electron chi connectivity index (χ0n) is 13.0. The van der Waals surface area contributed by atoms with Gasteiger partial charge in [-0.3, -0.25) is 0 Å². The van der Waals surface area contributed by atoms with Crippen molar-refractivity contribution in [2.24, 2.45) is 0 Å². The molecule has 0 spiro atoms. The van der Waals surface area contributed by atoms with Crippen molar-refractivity contribution in [2.75, 3.05) is 26.8 Å². The fourth-order valence-corrected chi connectivity index (χ4v) is 2.76. The number of hydrogen-bond acceptors (Lipinski definition) is 3. The molecule has 0 saturated carbocycles. The van der Waals surface area contributed by atoms with Gasteiger partial charge in [-0.2, -0.15) is 0 Å². The van der Waals surface area contributed by atoms with Crippen LogP contribution in [0, 0.1) is 0 Å². The second-order valence-corrected chi connectivity index (χ2v) is 5.43. The van der Waals surface area contributed by atoms with Crippen molar-refractivity contribution >= 4 is 0 Å². The lowest BCUT2D eigenvalue weighted by atomic mass is 9.74. The average Bonchev–Trinajstić information content (AvgIpc) is 3.04. The maximum absolute atomic E-state index is 5.59. The predicted molar refractivity (Wildman–Crippen MR) is 85.6 cm³/mol. The second kappa shape index (κ2) is 8.01. The molecule has 0 aliphatic carbocycles. The van der Waals surface area contributed by atoms with Gasteiger partial charge in [-0.1, -0.05) is 37.3 Å². The lowest BCUT2D eigenvalue weighted by Gasteiger charge is -2.33. The first-order valence-corrected chi connectivity index (χ1v) is 7.58. The molecule has 0 radical (unpaired) electrons. The Kier molecular flexibility index (Phi) is 6.03. The SMILES string of the molecule is CCC(CNCCOC)(Cc1ccco1)c1ccccc1. The topological polar surface area (TPSA) is 34.4 Å². The van der Waals surface area contributed by atoms with Crippen molar-refractivity contribution in [3.63, 3.8) is 0 Å². The Bertz CT molecular complexity index is 495. The summed E-state index contributed by atoms with van der Waals surface area (Å²) in [4.78, 5) is 0. The number of hydrogen-bond donors (Lipinski definition) is 1. The van der Waals surface area contributed by atoms with Crippen LogP contribution in [0.5, 0.6) is 0 Å². The number of benzene rings is 1. The van der Waals surface area contributed by atoms with Crippen molar-refractivity contribution in [3.8, 4) is 0 Å². The van der Waals surface area contributed by atoms with Gasteiger partial charge in [0, 0.05) is 32.0 Å². The Morgan fingerprint density at radius 1 is 1.14 bits per heavy atom. The van der Waals surface area contributed by atoms with E-state index in [9.17, 15) is 0 Å². The predicted octanol–water partition coefficient (Wildman–Crippen LogP) is 3.41. The van der Waals surface area contributed by atoms with Gasteiger partial charge in [0.25, 0.3) is 0 Å². The quantitative estimate of drug-likeness (QED) is 0.718. The monoisotopic (exact) mass is 287 g/mol. The van der Waals surface area contributed by atoms with E-state index in [-0.39, 0.29) is 5.41 Å². The normalized spacial score (nSPS) is 14.0. The number of methoxy groups -OCH3 is 1. The Morgan fingerprint density at radius 2 is 1.95 bits per heavy atom. The third-order valence-corrected chi connectivity index (χ3v) is 4.10. The molecule has 2 rings (SSSR count). The van der Waals surface area contributed by atoms with Crippen LogP contribution in [-0.4, -0.2) is 26.8 Å². The van der Waals surface area contributed by atoms with E-state index in [4.69, 9.17) is 9.15 Å². The second-order valence-electron chi connectivity index (χ2n) is 5.43. The standard InChI is InChI=1S/C18H25NO2/c1-3-18(15-19-11-13-20-2,14-17-10-7-12-21-17)16-8-5-4-6-9-16/h4-10,12,19H,3,11,13-15H2,1-2H3. The molecule has 0 bridgehead atoms. The van der Waals surface area contributed by atoms with Gasteiger partial charge in [0.1, 0.15) is 5.76 Å². The van der Waals surface area contributed by atoms with Crippen LogP contribution in [0.2, 0.25) is 0 Å². The van der Waals surface area contributed by atoms with E-state index >= 15 is 0 Å². The first kappa shape index (κ1) is 15.8. The summed E-state index contributed by atoms with van der Waals surface area (Å²) in [5, 5.41) is 3.52. The Balaban J connectivity index is 2.18. The molecule has 1 N–H and O–H groups in total. The molecule has 0 saturated heterocycles. The number of ether oxygens (including phenoxy) is 1. The maximum Gasteiger partial charge on any atom is 0.104 e. The molecule has 0 fully saturated rings. The van der Waals surface area contributed by atoms with Crippen molar-refractivity contribution in [1.82, 2.24) is 5.32 Å². The highest BCUT2D eigenvalue weighted by molar-refractivity contribution is 5.28. The van der Waals surface area contributed by atoms with E-state index in [1.54, 1.807) is 13.4 Å². The van der Waals surface area contributed by atoms with Crippen LogP contribution in [-0.2, 0) is 16.6 Å². The maximum atomic E-state index is 5.59. The molecule has 0 amide bonds. The van der Waals surface area contributed by atoms with Crippen molar-refractivity contribution in [3.05, 3.63) is 60.1 Å². The molecule has 0 aliphatic rings. The van der Waals surface area contributed by atoms with Crippen molar-refractivity contribution in [2.45, 2.75) is 25.2 Å². The number of nitrogens with one attached hydrogen (secondary N) is 1. The molecule has 1 heterocycles. The zero-order chi connectivity index (χ0) is 15.0. The summed E-state index contributed by atoms with van der Waals surface area (Å²) in [6.45, 7) is 4.75. The van der Waals surface area contributed by atoms with Crippen LogP contribution in [0.25, 0.3) is 0 Å². The largest absolute Gasteiger partial charge is 0.469 e. The fraction of sp³-hybridized carbons (Fsp3) is 0.444. The minimum Gasteiger partial charge on any atom is -0.469 e. The highest BCUT2D eigenvalue weighted by Gasteiger charge is 2.31. The summed E-state index contributed by atoms with van der Waals surface area (Å²) in [5.41, 5.74) is 1.40. The van der Waals surface area contributed by atoms with Crippen LogP contribution < -0.4 is 5.32 Å². The molecule has 114 valence electrons. The van der Waals surface area contributed by atoms with E-state index in [1.807, 2.05) is 6.07 Å². The molecule has 21 heavy (non-hydrogen) atoms. The molecule has 1 aromatic carbocycles. The van der Waals surface area contributed by atoms with Crippen LogP contribution in [0.1, 0.15) is 24.7 Å². The van der Waals surface area contributed by atoms with Crippen LogP contribution in [0.15, 0.2) is 53.1 Å². The van der Waals surface area contributed by atoms with Crippen molar-refractivity contribution in [1.29, 1.82) is 0 Å². The van der Waals surface area contributed by atoms with Gasteiger partial charge in [-0.25, -0.2) is 0 Å². The summed E-state index contributed by atoms with van der Waals surface area (Å²) >= 11 is 0. The molecular weight excluding hydrogens is 262 g/mol. The number of furan rings is 1. The van der Waals surface area contributed by atoms with Gasteiger partial charge in [-0.15, -0.1) is 0 Å². The summed E-state index contributed by atoms with van der Waals surface area (Å²) in [6.07, 6.45) is 3.71. The average molecular weight is 287 g/mol. The zero-order valence-corrected chi connectivity index (χ0v) is 13.0. The van der Waals surface area contributed by atoms with Crippen LogP contribution in [0.4, 0.5) is 0 Å². The molecule has 3 nitrogen and oxygen atoms in total. The van der Waals surface area contributed by atoms with Gasteiger partial charge < -0.3 is 14.5 Å². The van der Waals surface area contributed by atoms with Gasteiger partial charge in [-0.05, 0) is 24.1 Å². The van der Waals surface area contributed by atoms with E-state index in [2.05, 4.69) is 48.6 Å². The van der Waals surface area contributed by atoms with Gasteiger partial charge >= 0.3 is 0 Å². The van der Waals surface area contributed by atoms with E-state index < -0.39 is 0 Å². The summed E-state index contributed by atoms with van der Waals surface area (Å²) in [5.74, 6) is 1.04. The third-order valence-electron chi connectivity index (χ3n) is 4.10. The van der Waals surface area contributed by atoms with E-state index in [0.717, 1.165) is 38.3 Å². The smallest absolute Gasteiger partial charge is 0.104 e. The van der Waals surface area contributed by atoms with E-state index in [1.165, 1.54) is 5.56 Å². The molecule has 0 aliphatic heterocycles. The lowest BCUT2D eigenvalue weighted by molar-refractivity contribution is 0.195. The highest BCUT2D eigenvalue weighted by Crippen LogP contribution is 2.31. The lowest BCUT2D eigenvalue weighted by Crippen LogP contribution is -2.40. The fourth-order valence-electron chi connectivity index (χ4n) is 2.76. The first-order valence-electron chi connectivity index (χ1n) is 7.58. The van der Waals surface area contributed by atoms with Crippen molar-refractivity contribution < 1.29 is 9.15 Å². The Morgan fingerprint density at radius 3 is 2.57 bits per heavy atom. The Hall–Kier alpha value is -1.58. The molecule has 2 aromatic rings. The molecular formula is C18H25NO2. The van der Waals surface area contributed by atoms with Crippen LogP contribution >= 0.6 is 0 Å². The summed E-state index contributed by atoms with van der Waals surface area (Å²) in [6, 6.07) is 14.7. The van der Waals surface area contributed by atoms with Gasteiger partial charge in [0.15, 0.2) is 0 Å². The third kappa shape index (κ3) is 4.19. The Labute approximate surface area is 127 Å². The van der Waals surface area contributed by atoms with Crippen LogP contribution in [0.3, 0.4) is 0 Å². The molecule has 3 heteroatoms. The minimum atomic E-state index is 0.0485. The molecule has 1 aromatic heterocycles.